The van der Waals surface area contributed by atoms with Crippen molar-refractivity contribution in [3.63, 3.8) is 0 Å². The van der Waals surface area contributed by atoms with Gasteiger partial charge in [0.1, 0.15) is 10.9 Å². The number of hydrogen-bond donors (Lipinski definition) is 3. The number of carboxylic acids is 1. The first-order valence-corrected chi connectivity index (χ1v) is 4.89. The van der Waals surface area contributed by atoms with Gasteiger partial charge < -0.3 is 15.7 Å². The van der Waals surface area contributed by atoms with Crippen molar-refractivity contribution in [3.05, 3.63) is 10.3 Å². The van der Waals surface area contributed by atoms with Crippen molar-refractivity contribution in [2.45, 2.75) is 13.0 Å². The van der Waals surface area contributed by atoms with Crippen LogP contribution in [0.4, 0.5) is 11.4 Å². The molecule has 2 heterocycles. The summed E-state index contributed by atoms with van der Waals surface area (Å²) in [5.41, 5.74) is 1.06. The topological polar surface area (TPSA) is 78.4 Å². The molecule has 14 heavy (non-hydrogen) atoms. The summed E-state index contributed by atoms with van der Waals surface area (Å²) >= 11 is 1.10. The van der Waals surface area contributed by atoms with Crippen LogP contribution < -0.4 is 10.6 Å². The van der Waals surface area contributed by atoms with Crippen molar-refractivity contribution in [3.8, 4) is 0 Å². The number of carboxylic acid groups (broad SMARTS) is 1. The molecular weight excluding hydrogens is 204 g/mol. The average Bonchev–Trinajstić information content (AvgIpc) is 2.48. The molecule has 0 fully saturated rings. The van der Waals surface area contributed by atoms with E-state index >= 15 is 0 Å². The van der Waals surface area contributed by atoms with Crippen molar-refractivity contribution in [1.82, 2.24) is 0 Å². The molecule has 1 amide bonds. The van der Waals surface area contributed by atoms with Crippen LogP contribution in [0.2, 0.25) is 0 Å². The molecule has 3 N–H and O–H groups in total. The zero-order valence-corrected chi connectivity index (χ0v) is 8.14. The number of carbonyl (C=O) groups is 2. The number of nitrogens with one attached hydrogen (secondary N) is 2. The fourth-order valence-corrected chi connectivity index (χ4v) is 2.07. The number of rotatable bonds is 1. The maximum Gasteiger partial charge on any atom is 0.348 e. The van der Waals surface area contributed by atoms with Gasteiger partial charge >= 0.3 is 5.97 Å². The summed E-state index contributed by atoms with van der Waals surface area (Å²) in [5.74, 6) is -1.13. The van der Waals surface area contributed by atoms with E-state index in [1.807, 2.05) is 0 Å². The standard InChI is InChI=1S/C8H8N2O3S/c1-3-7(11)10-4-2-14-6(8(12)13)5(4)9-3/h2-3,9H,1H3,(H,10,11)(H,12,13). The monoisotopic (exact) mass is 212 g/mol. The molecule has 1 aromatic heterocycles. The molecule has 0 saturated carbocycles. The Morgan fingerprint density at radius 1 is 1.64 bits per heavy atom. The molecule has 1 atom stereocenters. The van der Waals surface area contributed by atoms with E-state index in [2.05, 4.69) is 10.6 Å². The molecule has 0 spiro atoms. The Morgan fingerprint density at radius 3 is 3.00 bits per heavy atom. The smallest absolute Gasteiger partial charge is 0.348 e. The molecule has 6 heteroatoms. The highest BCUT2D eigenvalue weighted by Gasteiger charge is 2.27. The van der Waals surface area contributed by atoms with Gasteiger partial charge in [0, 0.05) is 5.38 Å². The normalized spacial score (nSPS) is 19.5. The molecule has 0 saturated heterocycles. The van der Waals surface area contributed by atoms with Crippen molar-refractivity contribution >= 4 is 34.6 Å². The lowest BCUT2D eigenvalue weighted by molar-refractivity contribution is -0.116. The highest BCUT2D eigenvalue weighted by atomic mass is 32.1. The second-order valence-corrected chi connectivity index (χ2v) is 3.89. The lowest BCUT2D eigenvalue weighted by Crippen LogP contribution is -2.36. The van der Waals surface area contributed by atoms with Gasteiger partial charge in [-0.3, -0.25) is 4.79 Å². The Balaban J connectivity index is 2.45. The van der Waals surface area contributed by atoms with Crippen molar-refractivity contribution in [2.75, 3.05) is 10.6 Å². The summed E-state index contributed by atoms with van der Waals surface area (Å²) in [6, 6.07) is -0.393. The number of amides is 1. The van der Waals surface area contributed by atoms with Gasteiger partial charge in [-0.25, -0.2) is 4.79 Å². The lowest BCUT2D eigenvalue weighted by atomic mass is 10.2. The van der Waals surface area contributed by atoms with Gasteiger partial charge in [0.25, 0.3) is 0 Å². The number of aromatic carboxylic acids is 1. The fraction of sp³-hybridized carbons (Fsp3) is 0.250. The largest absolute Gasteiger partial charge is 0.477 e. The van der Waals surface area contributed by atoms with Crippen LogP contribution in [0.5, 0.6) is 0 Å². The molecule has 1 aliphatic rings. The third kappa shape index (κ3) is 1.24. The Bertz CT molecular complexity index is 413. The molecule has 0 aliphatic carbocycles. The average molecular weight is 212 g/mol. The minimum atomic E-state index is -0.980. The predicted molar refractivity (Wildman–Crippen MR) is 53.0 cm³/mol. The number of anilines is 2. The number of thiophene rings is 1. The van der Waals surface area contributed by atoms with Gasteiger partial charge in [0.05, 0.1) is 11.4 Å². The fourth-order valence-electron chi connectivity index (χ4n) is 1.27. The molecule has 0 aromatic carbocycles. The van der Waals surface area contributed by atoms with Crippen molar-refractivity contribution in [1.29, 1.82) is 0 Å². The van der Waals surface area contributed by atoms with Gasteiger partial charge in [-0.15, -0.1) is 11.3 Å². The first-order chi connectivity index (χ1) is 6.59. The summed E-state index contributed by atoms with van der Waals surface area (Å²) in [7, 11) is 0. The quantitative estimate of drug-likeness (QED) is 0.653. The van der Waals surface area contributed by atoms with Crippen molar-refractivity contribution < 1.29 is 14.7 Å². The number of hydrogen-bond acceptors (Lipinski definition) is 4. The minimum Gasteiger partial charge on any atom is -0.477 e. The predicted octanol–water partition coefficient (Wildman–Crippen LogP) is 1.20. The van der Waals surface area contributed by atoms with Crippen LogP contribution >= 0.6 is 11.3 Å². The zero-order chi connectivity index (χ0) is 10.3. The Hall–Kier alpha value is -1.56. The van der Waals surface area contributed by atoms with Crippen LogP contribution in [0.15, 0.2) is 5.38 Å². The van der Waals surface area contributed by atoms with Gasteiger partial charge in [-0.05, 0) is 6.92 Å². The van der Waals surface area contributed by atoms with Crippen LogP contribution in [-0.4, -0.2) is 23.0 Å². The summed E-state index contributed by atoms with van der Waals surface area (Å²) in [4.78, 5) is 22.2. The van der Waals surface area contributed by atoms with E-state index in [9.17, 15) is 9.59 Å². The molecule has 74 valence electrons. The first-order valence-electron chi connectivity index (χ1n) is 4.02. The van der Waals surface area contributed by atoms with Crippen LogP contribution in [0.3, 0.4) is 0 Å². The minimum absolute atomic E-state index is 0.146. The van der Waals surface area contributed by atoms with Crippen LogP contribution in [0, 0.1) is 0 Å². The maximum absolute atomic E-state index is 11.2. The molecule has 5 nitrogen and oxygen atoms in total. The molecule has 0 bridgehead atoms. The van der Waals surface area contributed by atoms with E-state index in [0.29, 0.717) is 11.4 Å². The van der Waals surface area contributed by atoms with E-state index in [-0.39, 0.29) is 10.8 Å². The Kier molecular flexibility index (Phi) is 1.92. The maximum atomic E-state index is 11.2. The Morgan fingerprint density at radius 2 is 2.36 bits per heavy atom. The Labute approximate surface area is 83.7 Å². The van der Waals surface area contributed by atoms with Gasteiger partial charge in [0.15, 0.2) is 0 Å². The first kappa shape index (κ1) is 9.01. The summed E-state index contributed by atoms with van der Waals surface area (Å²) in [6.45, 7) is 1.68. The molecule has 2 rings (SSSR count). The van der Waals surface area contributed by atoms with Crippen molar-refractivity contribution in [2.24, 2.45) is 0 Å². The summed E-state index contributed by atoms with van der Waals surface area (Å²) in [6.07, 6.45) is 0. The molecule has 1 aliphatic heterocycles. The third-order valence-electron chi connectivity index (χ3n) is 2.00. The van der Waals surface area contributed by atoms with Crippen LogP contribution in [-0.2, 0) is 4.79 Å². The van der Waals surface area contributed by atoms with E-state index in [4.69, 9.17) is 5.11 Å². The van der Waals surface area contributed by atoms with Gasteiger partial charge in [-0.2, -0.15) is 0 Å². The van der Waals surface area contributed by atoms with E-state index in [0.717, 1.165) is 11.3 Å². The highest BCUT2D eigenvalue weighted by molar-refractivity contribution is 7.13. The van der Waals surface area contributed by atoms with Crippen LogP contribution in [0.1, 0.15) is 16.6 Å². The summed E-state index contributed by atoms with van der Waals surface area (Å²) in [5, 5.41) is 15.9. The van der Waals surface area contributed by atoms with Gasteiger partial charge in [0.2, 0.25) is 5.91 Å². The second kappa shape index (κ2) is 2.98. The van der Waals surface area contributed by atoms with E-state index < -0.39 is 12.0 Å². The second-order valence-electron chi connectivity index (χ2n) is 3.01. The molecule has 1 aromatic rings. The molecule has 1 unspecified atom stereocenters. The SMILES string of the molecule is CC1Nc2c(csc2C(=O)O)NC1=O. The molecular formula is C8H8N2O3S. The third-order valence-corrected chi connectivity index (χ3v) is 2.97. The van der Waals surface area contributed by atoms with Crippen LogP contribution in [0.25, 0.3) is 0 Å². The zero-order valence-electron chi connectivity index (χ0n) is 7.33. The number of carbonyl (C=O) groups excluding carboxylic acids is 1. The van der Waals surface area contributed by atoms with Gasteiger partial charge in [-0.1, -0.05) is 0 Å². The lowest BCUT2D eigenvalue weighted by Gasteiger charge is -2.21. The molecule has 0 radical (unpaired) electrons. The van der Waals surface area contributed by atoms with E-state index in [1.54, 1.807) is 12.3 Å². The van der Waals surface area contributed by atoms with E-state index in [1.165, 1.54) is 0 Å². The highest BCUT2D eigenvalue weighted by Crippen LogP contribution is 2.35. The summed E-state index contributed by atoms with van der Waals surface area (Å²) < 4.78 is 0. The number of fused-ring (bicyclic) bond motifs is 1.